The van der Waals surface area contributed by atoms with Gasteiger partial charge in [0.1, 0.15) is 6.33 Å². The Kier molecular flexibility index (Phi) is 3.80. The molecule has 0 aliphatic carbocycles. The van der Waals surface area contributed by atoms with E-state index in [1.54, 1.807) is 0 Å². The average molecular weight is 243 g/mol. The third kappa shape index (κ3) is 3.13. The molecule has 1 heterocycles. The minimum absolute atomic E-state index is 0.0840. The summed E-state index contributed by atoms with van der Waals surface area (Å²) in [6, 6.07) is 0. The molecule has 0 saturated heterocycles. The zero-order valence-corrected chi connectivity index (χ0v) is 10.6. The van der Waals surface area contributed by atoms with Gasteiger partial charge in [0.15, 0.2) is 16.7 Å². The van der Waals surface area contributed by atoms with E-state index in [4.69, 9.17) is 11.6 Å². The standard InChI is InChI=1S/C10H15ClN4O/c1-10(2,3)5-15(4)9-7(14-16)8(11)12-6-13-9/h6H,5H2,1-4H3. The maximum Gasteiger partial charge on any atom is 0.187 e. The molecule has 0 saturated carbocycles. The molecule has 0 radical (unpaired) electrons. The van der Waals surface area contributed by atoms with Gasteiger partial charge in [-0.1, -0.05) is 32.4 Å². The van der Waals surface area contributed by atoms with E-state index in [-0.39, 0.29) is 16.3 Å². The Hall–Kier alpha value is -1.23. The van der Waals surface area contributed by atoms with Gasteiger partial charge < -0.3 is 4.90 Å². The van der Waals surface area contributed by atoms with Crippen LogP contribution in [0.15, 0.2) is 11.5 Å². The number of rotatable bonds is 3. The van der Waals surface area contributed by atoms with Crippen LogP contribution in [-0.2, 0) is 0 Å². The highest BCUT2D eigenvalue weighted by atomic mass is 35.5. The fraction of sp³-hybridized carbons (Fsp3) is 0.600. The van der Waals surface area contributed by atoms with Gasteiger partial charge in [0, 0.05) is 13.6 Å². The summed E-state index contributed by atoms with van der Waals surface area (Å²) >= 11 is 5.77. The Morgan fingerprint density at radius 2 is 2.06 bits per heavy atom. The minimum atomic E-state index is 0.0840. The molecule has 0 fully saturated rings. The SMILES string of the molecule is CN(CC(C)(C)C)c1ncnc(Cl)c1N=O. The van der Waals surface area contributed by atoms with E-state index in [0.717, 1.165) is 6.54 Å². The maximum absolute atomic E-state index is 10.7. The van der Waals surface area contributed by atoms with E-state index in [1.165, 1.54) is 6.33 Å². The minimum Gasteiger partial charge on any atom is -0.357 e. The van der Waals surface area contributed by atoms with Gasteiger partial charge in [-0.05, 0) is 10.6 Å². The first-order chi connectivity index (χ1) is 7.35. The van der Waals surface area contributed by atoms with Crippen LogP contribution in [0.5, 0.6) is 0 Å². The molecule has 0 unspecified atom stereocenters. The Morgan fingerprint density at radius 1 is 1.44 bits per heavy atom. The number of aromatic nitrogens is 2. The summed E-state index contributed by atoms with van der Waals surface area (Å²) < 4.78 is 0. The molecular weight excluding hydrogens is 228 g/mol. The molecule has 5 nitrogen and oxygen atoms in total. The lowest BCUT2D eigenvalue weighted by Crippen LogP contribution is -2.29. The molecule has 1 rings (SSSR count). The first kappa shape index (κ1) is 12.8. The topological polar surface area (TPSA) is 58.5 Å². The van der Waals surface area contributed by atoms with Crippen molar-refractivity contribution in [2.45, 2.75) is 20.8 Å². The van der Waals surface area contributed by atoms with Crippen molar-refractivity contribution in [3.05, 3.63) is 16.4 Å². The largest absolute Gasteiger partial charge is 0.357 e. The van der Waals surface area contributed by atoms with E-state index in [1.807, 2.05) is 11.9 Å². The van der Waals surface area contributed by atoms with Gasteiger partial charge in [0.25, 0.3) is 0 Å². The van der Waals surface area contributed by atoms with Crippen molar-refractivity contribution in [1.82, 2.24) is 9.97 Å². The summed E-state index contributed by atoms with van der Waals surface area (Å²) in [5.74, 6) is 0.463. The van der Waals surface area contributed by atoms with Gasteiger partial charge in [-0.15, -0.1) is 4.91 Å². The van der Waals surface area contributed by atoms with Crippen molar-refractivity contribution in [2.75, 3.05) is 18.5 Å². The van der Waals surface area contributed by atoms with Gasteiger partial charge in [-0.25, -0.2) is 9.97 Å². The molecule has 0 spiro atoms. The monoisotopic (exact) mass is 242 g/mol. The molecule has 0 aliphatic rings. The molecule has 88 valence electrons. The lowest BCUT2D eigenvalue weighted by atomic mass is 9.96. The maximum atomic E-state index is 10.7. The molecule has 0 atom stereocenters. The molecular formula is C10H15ClN4O. The number of hydrogen-bond acceptors (Lipinski definition) is 5. The predicted octanol–water partition coefficient (Wildman–Crippen LogP) is 3.01. The van der Waals surface area contributed by atoms with Gasteiger partial charge in [-0.3, -0.25) is 0 Å². The number of nitrogens with zero attached hydrogens (tertiary/aromatic N) is 4. The van der Waals surface area contributed by atoms with Crippen LogP contribution in [-0.4, -0.2) is 23.6 Å². The van der Waals surface area contributed by atoms with Crippen LogP contribution in [0.1, 0.15) is 20.8 Å². The second-order valence-electron chi connectivity index (χ2n) is 4.84. The number of anilines is 1. The Balaban J connectivity index is 3.04. The summed E-state index contributed by atoms with van der Waals surface area (Å²) in [7, 11) is 1.85. The number of nitroso groups, excluding NO2 is 1. The van der Waals surface area contributed by atoms with Crippen LogP contribution < -0.4 is 4.90 Å². The fourth-order valence-electron chi connectivity index (χ4n) is 1.49. The van der Waals surface area contributed by atoms with E-state index >= 15 is 0 Å². The molecule has 16 heavy (non-hydrogen) atoms. The van der Waals surface area contributed by atoms with Crippen LogP contribution in [0.3, 0.4) is 0 Å². The van der Waals surface area contributed by atoms with Crippen molar-refractivity contribution >= 4 is 23.1 Å². The van der Waals surface area contributed by atoms with E-state index in [0.29, 0.717) is 5.82 Å². The van der Waals surface area contributed by atoms with Crippen LogP contribution >= 0.6 is 11.6 Å². The highest BCUT2D eigenvalue weighted by Crippen LogP contribution is 2.32. The molecule has 1 aromatic rings. The highest BCUT2D eigenvalue weighted by Gasteiger charge is 2.19. The molecule has 1 aromatic heterocycles. The molecule has 0 amide bonds. The first-order valence-electron chi connectivity index (χ1n) is 4.90. The number of hydrogen-bond donors (Lipinski definition) is 0. The zero-order valence-electron chi connectivity index (χ0n) is 9.86. The molecule has 6 heteroatoms. The predicted molar refractivity (Wildman–Crippen MR) is 65.2 cm³/mol. The normalized spacial score (nSPS) is 11.3. The summed E-state index contributed by atoms with van der Waals surface area (Å²) in [4.78, 5) is 20.3. The summed E-state index contributed by atoms with van der Waals surface area (Å²) in [5, 5.41) is 2.96. The second kappa shape index (κ2) is 4.74. The molecule has 0 aromatic carbocycles. The Labute approximate surface area is 99.8 Å². The van der Waals surface area contributed by atoms with Gasteiger partial charge in [0.2, 0.25) is 0 Å². The van der Waals surface area contributed by atoms with Gasteiger partial charge in [0.05, 0.1) is 0 Å². The van der Waals surface area contributed by atoms with Crippen molar-refractivity contribution in [3.63, 3.8) is 0 Å². The van der Waals surface area contributed by atoms with Crippen LogP contribution in [0.4, 0.5) is 11.5 Å². The van der Waals surface area contributed by atoms with Crippen molar-refractivity contribution in [2.24, 2.45) is 10.6 Å². The quantitative estimate of drug-likeness (QED) is 0.604. The van der Waals surface area contributed by atoms with Crippen LogP contribution in [0, 0.1) is 10.3 Å². The van der Waals surface area contributed by atoms with E-state index < -0.39 is 0 Å². The van der Waals surface area contributed by atoms with E-state index in [2.05, 4.69) is 35.9 Å². The van der Waals surface area contributed by atoms with Crippen LogP contribution in [0.25, 0.3) is 0 Å². The fourth-order valence-corrected chi connectivity index (χ4v) is 1.66. The van der Waals surface area contributed by atoms with E-state index in [9.17, 15) is 4.91 Å². The van der Waals surface area contributed by atoms with Crippen molar-refractivity contribution in [1.29, 1.82) is 0 Å². The summed E-state index contributed by atoms with van der Waals surface area (Å²) in [6.45, 7) is 7.03. The number of halogens is 1. The Bertz CT molecular complexity index is 389. The lowest BCUT2D eigenvalue weighted by Gasteiger charge is -2.27. The molecule has 0 aliphatic heterocycles. The smallest absolute Gasteiger partial charge is 0.187 e. The summed E-state index contributed by atoms with van der Waals surface area (Å²) in [6.07, 6.45) is 1.32. The van der Waals surface area contributed by atoms with Gasteiger partial charge >= 0.3 is 0 Å². The Morgan fingerprint density at radius 3 is 2.56 bits per heavy atom. The van der Waals surface area contributed by atoms with Gasteiger partial charge in [-0.2, -0.15) is 0 Å². The molecule has 0 bridgehead atoms. The highest BCUT2D eigenvalue weighted by molar-refractivity contribution is 6.32. The second-order valence-corrected chi connectivity index (χ2v) is 5.20. The third-order valence-electron chi connectivity index (χ3n) is 1.92. The summed E-state index contributed by atoms with van der Waals surface area (Å²) in [5.41, 5.74) is 0.183. The first-order valence-corrected chi connectivity index (χ1v) is 5.28. The third-order valence-corrected chi connectivity index (χ3v) is 2.20. The van der Waals surface area contributed by atoms with Crippen molar-refractivity contribution < 1.29 is 0 Å². The zero-order chi connectivity index (χ0) is 12.3. The van der Waals surface area contributed by atoms with Crippen molar-refractivity contribution in [3.8, 4) is 0 Å². The average Bonchev–Trinajstić information content (AvgIpc) is 2.14. The molecule has 0 N–H and O–H groups in total. The van der Waals surface area contributed by atoms with Crippen LogP contribution in [0.2, 0.25) is 5.15 Å². The lowest BCUT2D eigenvalue weighted by molar-refractivity contribution is 0.418.